The van der Waals surface area contributed by atoms with Gasteiger partial charge in [0.2, 0.25) is 5.91 Å². The summed E-state index contributed by atoms with van der Waals surface area (Å²) in [5, 5.41) is 11.6. The maximum Gasteiger partial charge on any atom is 0.328 e. The summed E-state index contributed by atoms with van der Waals surface area (Å²) in [5.74, 6) is -2.73. The fraction of sp³-hybridized carbons (Fsp3) is 0.105. The van der Waals surface area contributed by atoms with Crippen molar-refractivity contribution in [3.05, 3.63) is 66.0 Å². The molecule has 1 heterocycles. The number of imide groups is 1. The molecule has 1 atom stereocenters. The highest BCUT2D eigenvalue weighted by Crippen LogP contribution is 2.27. The first-order valence-electron chi connectivity index (χ1n) is 7.84. The lowest BCUT2D eigenvalue weighted by Gasteiger charge is -2.16. The summed E-state index contributed by atoms with van der Waals surface area (Å²) < 4.78 is 13.9. The lowest BCUT2D eigenvalue weighted by molar-refractivity contribution is -0.131. The molecule has 0 radical (unpaired) electrons. The molecule has 2 aromatic rings. The van der Waals surface area contributed by atoms with Crippen LogP contribution in [0.4, 0.5) is 15.8 Å². The molecule has 1 unspecified atom stereocenters. The number of halogens is 1. The lowest BCUT2D eigenvalue weighted by atomic mass is 10.1. The molecular weight excluding hydrogens is 339 g/mol. The molecule has 1 aliphatic rings. The van der Waals surface area contributed by atoms with E-state index in [4.69, 9.17) is 5.11 Å². The third-order valence-electron chi connectivity index (χ3n) is 3.89. The average molecular weight is 354 g/mol. The van der Waals surface area contributed by atoms with E-state index in [9.17, 15) is 18.8 Å². The molecule has 132 valence electrons. The van der Waals surface area contributed by atoms with Crippen molar-refractivity contribution in [2.45, 2.75) is 12.5 Å². The zero-order valence-electron chi connectivity index (χ0n) is 13.6. The fourth-order valence-corrected chi connectivity index (χ4v) is 2.73. The molecule has 0 saturated carbocycles. The van der Waals surface area contributed by atoms with E-state index >= 15 is 0 Å². The zero-order chi connectivity index (χ0) is 18.7. The van der Waals surface area contributed by atoms with Crippen molar-refractivity contribution < 1.29 is 23.9 Å². The highest BCUT2D eigenvalue weighted by molar-refractivity contribution is 6.23. The van der Waals surface area contributed by atoms with Gasteiger partial charge in [-0.2, -0.15) is 0 Å². The number of aliphatic carboxylic acids is 1. The first-order valence-corrected chi connectivity index (χ1v) is 7.84. The topological polar surface area (TPSA) is 86.7 Å². The summed E-state index contributed by atoms with van der Waals surface area (Å²) in [6, 6.07) is 11.5. The molecular formula is C19H15FN2O4. The number of rotatable bonds is 5. The highest BCUT2D eigenvalue weighted by atomic mass is 19.1. The number of amides is 2. The standard InChI is InChI=1S/C19H15FN2O4/c20-14-6-1-2-7-16(14)22-17(23)11-15(19(22)26)21-13-5-3-4-12(10-13)8-9-18(24)25/h1-10,15,21H,11H2,(H,24,25)/b9-8+. The second-order valence-corrected chi connectivity index (χ2v) is 5.72. The van der Waals surface area contributed by atoms with E-state index in [0.29, 0.717) is 11.3 Å². The molecule has 7 heteroatoms. The van der Waals surface area contributed by atoms with E-state index in [1.165, 1.54) is 24.3 Å². The van der Waals surface area contributed by atoms with Gasteiger partial charge >= 0.3 is 5.97 Å². The van der Waals surface area contributed by atoms with Crippen LogP contribution in [0.5, 0.6) is 0 Å². The van der Waals surface area contributed by atoms with E-state index in [2.05, 4.69) is 5.32 Å². The molecule has 1 aliphatic heterocycles. The number of hydrogen-bond donors (Lipinski definition) is 2. The van der Waals surface area contributed by atoms with E-state index in [1.54, 1.807) is 30.3 Å². The van der Waals surface area contributed by atoms with Gasteiger partial charge < -0.3 is 10.4 Å². The van der Waals surface area contributed by atoms with Crippen LogP contribution >= 0.6 is 0 Å². The van der Waals surface area contributed by atoms with Crippen molar-refractivity contribution in [2.75, 3.05) is 10.2 Å². The molecule has 1 saturated heterocycles. The Kier molecular flexibility index (Phi) is 4.79. The Morgan fingerprint density at radius 1 is 1.19 bits per heavy atom. The lowest BCUT2D eigenvalue weighted by Crippen LogP contribution is -2.35. The first-order chi connectivity index (χ1) is 12.5. The average Bonchev–Trinajstić information content (AvgIpc) is 2.88. The molecule has 2 N–H and O–H groups in total. The van der Waals surface area contributed by atoms with Gasteiger partial charge in [-0.05, 0) is 35.9 Å². The summed E-state index contributed by atoms with van der Waals surface area (Å²) in [5.41, 5.74) is 1.11. The predicted octanol–water partition coefficient (Wildman–Crippen LogP) is 2.67. The van der Waals surface area contributed by atoms with Crippen molar-refractivity contribution >= 4 is 35.2 Å². The van der Waals surface area contributed by atoms with Crippen LogP contribution in [0.15, 0.2) is 54.6 Å². The number of carbonyl (C=O) groups is 3. The van der Waals surface area contributed by atoms with Gasteiger partial charge in [0.05, 0.1) is 12.1 Å². The smallest absolute Gasteiger partial charge is 0.328 e. The van der Waals surface area contributed by atoms with Gasteiger partial charge in [-0.15, -0.1) is 0 Å². The van der Waals surface area contributed by atoms with Gasteiger partial charge in [0, 0.05) is 11.8 Å². The van der Waals surface area contributed by atoms with E-state index in [-0.39, 0.29) is 12.1 Å². The second-order valence-electron chi connectivity index (χ2n) is 5.72. The largest absolute Gasteiger partial charge is 0.478 e. The van der Waals surface area contributed by atoms with Gasteiger partial charge in [-0.25, -0.2) is 14.1 Å². The third kappa shape index (κ3) is 3.61. The minimum atomic E-state index is -1.07. The van der Waals surface area contributed by atoms with Crippen molar-refractivity contribution in [2.24, 2.45) is 0 Å². The van der Waals surface area contributed by atoms with Crippen LogP contribution in [0, 0.1) is 5.82 Å². The number of hydrogen-bond acceptors (Lipinski definition) is 4. The Balaban J connectivity index is 1.79. The summed E-state index contributed by atoms with van der Waals surface area (Å²) >= 11 is 0. The van der Waals surface area contributed by atoms with E-state index < -0.39 is 29.6 Å². The van der Waals surface area contributed by atoms with Crippen LogP contribution < -0.4 is 10.2 Å². The molecule has 0 bridgehead atoms. The number of carboxylic acid groups (broad SMARTS) is 1. The molecule has 2 aromatic carbocycles. The third-order valence-corrected chi connectivity index (χ3v) is 3.89. The molecule has 1 fully saturated rings. The van der Waals surface area contributed by atoms with Crippen molar-refractivity contribution in [1.82, 2.24) is 0 Å². The number of nitrogens with one attached hydrogen (secondary N) is 1. The molecule has 6 nitrogen and oxygen atoms in total. The molecule has 0 aliphatic carbocycles. The molecule has 3 rings (SSSR count). The summed E-state index contributed by atoms with van der Waals surface area (Å²) in [6.07, 6.45) is 2.33. The normalized spacial score (nSPS) is 17.1. The Morgan fingerprint density at radius 3 is 2.69 bits per heavy atom. The summed E-state index contributed by atoms with van der Waals surface area (Å²) in [7, 11) is 0. The Bertz CT molecular complexity index is 910. The monoisotopic (exact) mass is 354 g/mol. The van der Waals surface area contributed by atoms with Crippen LogP contribution in [0.2, 0.25) is 0 Å². The van der Waals surface area contributed by atoms with Crippen molar-refractivity contribution in [1.29, 1.82) is 0 Å². The van der Waals surface area contributed by atoms with Gasteiger partial charge in [0.1, 0.15) is 11.9 Å². The first kappa shape index (κ1) is 17.3. The number of anilines is 2. The number of benzene rings is 2. The van der Waals surface area contributed by atoms with Gasteiger partial charge in [0.15, 0.2) is 0 Å². The Hall–Kier alpha value is -3.48. The SMILES string of the molecule is O=C(O)/C=C/c1cccc(NC2CC(=O)N(c3ccccc3F)C2=O)c1. The molecule has 2 amide bonds. The molecule has 0 spiro atoms. The van der Waals surface area contributed by atoms with E-state index in [0.717, 1.165) is 11.0 Å². The minimum absolute atomic E-state index is 0.0649. The maximum atomic E-state index is 13.9. The Morgan fingerprint density at radius 2 is 1.96 bits per heavy atom. The number of carbonyl (C=O) groups excluding carboxylic acids is 2. The molecule has 0 aromatic heterocycles. The molecule has 26 heavy (non-hydrogen) atoms. The highest BCUT2D eigenvalue weighted by Gasteiger charge is 2.40. The second kappa shape index (κ2) is 7.18. The van der Waals surface area contributed by atoms with Crippen LogP contribution in [0.25, 0.3) is 6.08 Å². The van der Waals surface area contributed by atoms with Gasteiger partial charge in [-0.3, -0.25) is 9.59 Å². The quantitative estimate of drug-likeness (QED) is 0.637. The zero-order valence-corrected chi connectivity index (χ0v) is 13.6. The number of carboxylic acids is 1. The maximum absolute atomic E-state index is 13.9. The predicted molar refractivity (Wildman–Crippen MR) is 94.0 cm³/mol. The van der Waals surface area contributed by atoms with Crippen molar-refractivity contribution in [3.8, 4) is 0 Å². The van der Waals surface area contributed by atoms with Gasteiger partial charge in [-0.1, -0.05) is 24.3 Å². The van der Waals surface area contributed by atoms with Crippen molar-refractivity contribution in [3.63, 3.8) is 0 Å². The van der Waals surface area contributed by atoms with Crippen LogP contribution in [0.1, 0.15) is 12.0 Å². The summed E-state index contributed by atoms with van der Waals surface area (Å²) in [4.78, 5) is 36.2. The van der Waals surface area contributed by atoms with Crippen LogP contribution in [-0.4, -0.2) is 28.9 Å². The van der Waals surface area contributed by atoms with Crippen LogP contribution in [-0.2, 0) is 14.4 Å². The van der Waals surface area contributed by atoms with Crippen LogP contribution in [0.3, 0.4) is 0 Å². The Labute approximate surface area is 148 Å². The number of para-hydroxylation sites is 1. The van der Waals surface area contributed by atoms with Gasteiger partial charge in [0.25, 0.3) is 5.91 Å². The van der Waals surface area contributed by atoms with E-state index in [1.807, 2.05) is 0 Å². The number of nitrogens with zero attached hydrogens (tertiary/aromatic N) is 1. The summed E-state index contributed by atoms with van der Waals surface area (Å²) in [6.45, 7) is 0. The fourth-order valence-electron chi connectivity index (χ4n) is 2.73. The minimum Gasteiger partial charge on any atom is -0.478 e.